The molecule has 0 bridgehead atoms. The summed E-state index contributed by atoms with van der Waals surface area (Å²) in [6.45, 7) is 8.16. The zero-order chi connectivity index (χ0) is 17.5. The molecule has 0 saturated heterocycles. The minimum atomic E-state index is 0.679. The minimum Gasteiger partial charge on any atom is -0.361 e. The van der Waals surface area contributed by atoms with Crippen molar-refractivity contribution < 1.29 is 4.52 Å². The molecule has 1 heterocycles. The maximum atomic E-state index is 6.25. The summed E-state index contributed by atoms with van der Waals surface area (Å²) in [4.78, 5) is 6.80. The molecule has 130 valence electrons. The van der Waals surface area contributed by atoms with E-state index in [4.69, 9.17) is 21.1 Å². The van der Waals surface area contributed by atoms with E-state index in [1.54, 1.807) is 0 Å². The molecule has 0 radical (unpaired) electrons. The van der Waals surface area contributed by atoms with Gasteiger partial charge in [-0.25, -0.2) is 0 Å². The van der Waals surface area contributed by atoms with Gasteiger partial charge in [-0.1, -0.05) is 35.0 Å². The fourth-order valence-electron chi connectivity index (χ4n) is 2.56. The van der Waals surface area contributed by atoms with Gasteiger partial charge in [0.25, 0.3) is 0 Å². The van der Waals surface area contributed by atoms with E-state index in [0.717, 1.165) is 46.5 Å². The van der Waals surface area contributed by atoms with E-state index in [0.29, 0.717) is 13.1 Å². The van der Waals surface area contributed by atoms with Crippen molar-refractivity contribution in [3.8, 4) is 0 Å². The van der Waals surface area contributed by atoms with Crippen LogP contribution in [0.2, 0.25) is 5.02 Å². The molecule has 0 atom stereocenters. The van der Waals surface area contributed by atoms with Crippen molar-refractivity contribution >= 4 is 17.6 Å². The molecule has 1 aromatic carbocycles. The minimum absolute atomic E-state index is 0.679. The number of aliphatic imine (C=N–C) groups is 1. The maximum Gasteiger partial charge on any atom is 0.193 e. The van der Waals surface area contributed by atoms with Crippen molar-refractivity contribution in [1.29, 1.82) is 0 Å². The Morgan fingerprint density at radius 3 is 2.71 bits per heavy atom. The van der Waals surface area contributed by atoms with E-state index < -0.39 is 0 Å². The molecule has 5 nitrogen and oxygen atoms in total. The van der Waals surface area contributed by atoms with Crippen molar-refractivity contribution in [2.45, 2.75) is 33.7 Å². The summed E-state index contributed by atoms with van der Waals surface area (Å²) in [5, 5.41) is 8.09. The summed E-state index contributed by atoms with van der Waals surface area (Å²) >= 11 is 6.25. The third-order valence-corrected chi connectivity index (χ3v) is 4.24. The first-order valence-electron chi connectivity index (χ1n) is 8.17. The van der Waals surface area contributed by atoms with Gasteiger partial charge in [0.2, 0.25) is 0 Å². The fraction of sp³-hybridized carbons (Fsp3) is 0.444. The highest BCUT2D eigenvalue weighted by atomic mass is 35.5. The Balaban J connectivity index is 2.03. The van der Waals surface area contributed by atoms with Gasteiger partial charge in [0.05, 0.1) is 5.69 Å². The van der Waals surface area contributed by atoms with E-state index in [-0.39, 0.29) is 0 Å². The predicted molar refractivity (Wildman–Crippen MR) is 98.6 cm³/mol. The Morgan fingerprint density at radius 1 is 1.33 bits per heavy atom. The monoisotopic (exact) mass is 348 g/mol. The lowest BCUT2D eigenvalue weighted by Gasteiger charge is -2.22. The summed E-state index contributed by atoms with van der Waals surface area (Å²) in [5.74, 6) is 1.74. The third kappa shape index (κ3) is 4.74. The molecule has 0 unspecified atom stereocenters. The first kappa shape index (κ1) is 18.3. The standard InChI is InChI=1S/C18H25ClN4O/c1-5-20-18(21-11-10-16-13(2)22-24-14(16)3)23(4)12-15-8-6-7-9-17(15)19/h6-9H,5,10-12H2,1-4H3,(H,20,21). The van der Waals surface area contributed by atoms with Gasteiger partial charge in [-0.3, -0.25) is 4.99 Å². The van der Waals surface area contributed by atoms with Crippen molar-refractivity contribution in [2.24, 2.45) is 4.99 Å². The highest BCUT2D eigenvalue weighted by Gasteiger charge is 2.10. The fourth-order valence-corrected chi connectivity index (χ4v) is 2.75. The summed E-state index contributed by atoms with van der Waals surface area (Å²) in [6, 6.07) is 7.88. The zero-order valence-corrected chi connectivity index (χ0v) is 15.5. The number of hydrogen-bond donors (Lipinski definition) is 1. The molecular formula is C18H25ClN4O. The van der Waals surface area contributed by atoms with Gasteiger partial charge in [0.1, 0.15) is 5.76 Å². The van der Waals surface area contributed by atoms with Gasteiger partial charge in [0.15, 0.2) is 5.96 Å². The molecule has 2 rings (SSSR count). The Bertz CT molecular complexity index is 677. The summed E-state index contributed by atoms with van der Waals surface area (Å²) in [7, 11) is 2.01. The topological polar surface area (TPSA) is 53.7 Å². The highest BCUT2D eigenvalue weighted by molar-refractivity contribution is 6.31. The van der Waals surface area contributed by atoms with E-state index in [1.807, 2.05) is 45.2 Å². The molecule has 2 aromatic rings. The second-order valence-electron chi connectivity index (χ2n) is 5.74. The molecule has 6 heteroatoms. The molecule has 0 amide bonds. The molecule has 24 heavy (non-hydrogen) atoms. The number of aryl methyl sites for hydroxylation is 2. The van der Waals surface area contributed by atoms with Crippen molar-refractivity contribution in [3.05, 3.63) is 51.9 Å². The quantitative estimate of drug-likeness (QED) is 0.640. The van der Waals surface area contributed by atoms with Gasteiger partial charge in [0, 0.05) is 37.3 Å². The third-order valence-electron chi connectivity index (χ3n) is 3.87. The van der Waals surface area contributed by atoms with Crippen LogP contribution in [0, 0.1) is 13.8 Å². The summed E-state index contributed by atoms with van der Waals surface area (Å²) in [6.07, 6.45) is 0.815. The number of guanidine groups is 1. The van der Waals surface area contributed by atoms with Gasteiger partial charge in [-0.2, -0.15) is 0 Å². The van der Waals surface area contributed by atoms with Crippen LogP contribution in [0.3, 0.4) is 0 Å². The van der Waals surface area contributed by atoms with Crippen molar-refractivity contribution in [3.63, 3.8) is 0 Å². The molecule has 0 spiro atoms. The Labute approximate surface area is 148 Å². The number of rotatable bonds is 6. The Morgan fingerprint density at radius 2 is 2.08 bits per heavy atom. The summed E-state index contributed by atoms with van der Waals surface area (Å²) in [5.41, 5.74) is 3.17. The average molecular weight is 349 g/mol. The van der Waals surface area contributed by atoms with Gasteiger partial charge >= 0.3 is 0 Å². The number of hydrogen-bond acceptors (Lipinski definition) is 3. The van der Waals surface area contributed by atoms with Crippen LogP contribution in [-0.2, 0) is 13.0 Å². The number of halogens is 1. The van der Waals surface area contributed by atoms with Gasteiger partial charge in [-0.05, 0) is 38.8 Å². The van der Waals surface area contributed by atoms with Crippen LogP contribution >= 0.6 is 11.6 Å². The number of aromatic nitrogens is 1. The van der Waals surface area contributed by atoms with E-state index in [9.17, 15) is 0 Å². The van der Waals surface area contributed by atoms with E-state index in [2.05, 4.69) is 22.3 Å². The van der Waals surface area contributed by atoms with Crippen LogP contribution in [0.1, 0.15) is 29.5 Å². The van der Waals surface area contributed by atoms with Crippen LogP contribution in [-0.4, -0.2) is 36.2 Å². The Kier molecular flexibility index (Phi) is 6.67. The largest absolute Gasteiger partial charge is 0.361 e. The molecule has 1 N–H and O–H groups in total. The molecule has 0 aliphatic carbocycles. The van der Waals surface area contributed by atoms with Crippen molar-refractivity contribution in [1.82, 2.24) is 15.4 Å². The van der Waals surface area contributed by atoms with Crippen LogP contribution in [0.5, 0.6) is 0 Å². The molecule has 0 fully saturated rings. The summed E-state index contributed by atoms with van der Waals surface area (Å²) < 4.78 is 5.20. The molecular weight excluding hydrogens is 324 g/mol. The lowest BCUT2D eigenvalue weighted by molar-refractivity contribution is 0.392. The normalized spacial score (nSPS) is 11.6. The number of nitrogens with one attached hydrogen (secondary N) is 1. The number of nitrogens with zero attached hydrogens (tertiary/aromatic N) is 3. The average Bonchev–Trinajstić information content (AvgIpc) is 2.88. The second-order valence-corrected chi connectivity index (χ2v) is 6.14. The molecule has 0 saturated carbocycles. The zero-order valence-electron chi connectivity index (χ0n) is 14.8. The molecule has 1 aromatic heterocycles. The van der Waals surface area contributed by atoms with Crippen molar-refractivity contribution in [2.75, 3.05) is 20.1 Å². The maximum absolute atomic E-state index is 6.25. The van der Waals surface area contributed by atoms with Gasteiger partial charge < -0.3 is 14.7 Å². The predicted octanol–water partition coefficient (Wildman–Crippen LogP) is 3.58. The SMILES string of the molecule is CCNC(=NCCc1c(C)noc1C)N(C)Cc1ccccc1Cl. The second kappa shape index (κ2) is 8.73. The van der Waals surface area contributed by atoms with Crippen LogP contribution in [0.15, 0.2) is 33.8 Å². The van der Waals surface area contributed by atoms with E-state index in [1.165, 1.54) is 0 Å². The lowest BCUT2D eigenvalue weighted by atomic mass is 10.1. The van der Waals surface area contributed by atoms with Crippen LogP contribution in [0.4, 0.5) is 0 Å². The lowest BCUT2D eigenvalue weighted by Crippen LogP contribution is -2.38. The molecule has 0 aliphatic heterocycles. The first-order chi connectivity index (χ1) is 11.5. The number of benzene rings is 1. The first-order valence-corrected chi connectivity index (χ1v) is 8.55. The molecule has 0 aliphatic rings. The van der Waals surface area contributed by atoms with E-state index >= 15 is 0 Å². The highest BCUT2D eigenvalue weighted by Crippen LogP contribution is 2.16. The van der Waals surface area contributed by atoms with Crippen LogP contribution < -0.4 is 5.32 Å². The van der Waals surface area contributed by atoms with Crippen LogP contribution in [0.25, 0.3) is 0 Å². The van der Waals surface area contributed by atoms with Gasteiger partial charge in [-0.15, -0.1) is 0 Å². The smallest absolute Gasteiger partial charge is 0.193 e. The Hall–Kier alpha value is -2.01.